The predicted molar refractivity (Wildman–Crippen MR) is 115 cm³/mol. The van der Waals surface area contributed by atoms with Gasteiger partial charge in [-0.2, -0.15) is 0 Å². The van der Waals surface area contributed by atoms with Crippen molar-refractivity contribution in [3.63, 3.8) is 0 Å². The lowest BCUT2D eigenvalue weighted by Gasteiger charge is -2.14. The summed E-state index contributed by atoms with van der Waals surface area (Å²) >= 11 is 0. The highest BCUT2D eigenvalue weighted by atomic mass is 16.5. The summed E-state index contributed by atoms with van der Waals surface area (Å²) in [5.74, 6) is 0.0434. The highest BCUT2D eigenvalue weighted by molar-refractivity contribution is 5.79. The summed E-state index contributed by atoms with van der Waals surface area (Å²) in [6.45, 7) is 0.598. The van der Waals surface area contributed by atoms with E-state index in [0.717, 1.165) is 0 Å². The number of amides is 1. The molecule has 1 heterocycles. The maximum atomic E-state index is 12.1. The number of fused-ring (bicyclic) bond motifs is 3. The molecule has 0 unspecified atom stereocenters. The van der Waals surface area contributed by atoms with Crippen molar-refractivity contribution in [3.05, 3.63) is 83.7 Å². The molecular formula is C23H22N4O2. The van der Waals surface area contributed by atoms with Crippen LogP contribution in [0.15, 0.2) is 67.0 Å². The first kappa shape index (κ1) is 18.6. The normalized spacial score (nSPS) is 12.6. The maximum Gasteiger partial charge on any atom is 0.407 e. The Balaban J connectivity index is 1.34. The molecule has 146 valence electrons. The number of carbonyl (C=O) groups excluding carboxylic acids is 1. The zero-order valence-electron chi connectivity index (χ0n) is 15.8. The van der Waals surface area contributed by atoms with Crippen LogP contribution in [0.1, 0.15) is 22.6 Å². The summed E-state index contributed by atoms with van der Waals surface area (Å²) in [6, 6.07) is 16.5. The fourth-order valence-corrected chi connectivity index (χ4v) is 3.61. The highest BCUT2D eigenvalue weighted by Gasteiger charge is 2.28. The predicted octanol–water partition coefficient (Wildman–Crippen LogP) is 3.80. The number of rotatable bonds is 5. The van der Waals surface area contributed by atoms with E-state index in [9.17, 15) is 4.79 Å². The van der Waals surface area contributed by atoms with Gasteiger partial charge in [-0.3, -0.25) is 4.98 Å². The Morgan fingerprint density at radius 1 is 1.03 bits per heavy atom. The first-order valence-electron chi connectivity index (χ1n) is 9.39. The molecule has 6 nitrogen and oxygen atoms in total. The first-order valence-corrected chi connectivity index (χ1v) is 9.39. The summed E-state index contributed by atoms with van der Waals surface area (Å²) in [4.78, 5) is 16.1. The Kier molecular flexibility index (Phi) is 5.16. The van der Waals surface area contributed by atoms with E-state index >= 15 is 0 Å². The van der Waals surface area contributed by atoms with Gasteiger partial charge < -0.3 is 21.5 Å². The molecule has 0 saturated carbocycles. The molecule has 1 aliphatic rings. The number of pyridine rings is 1. The van der Waals surface area contributed by atoms with E-state index in [0.29, 0.717) is 23.5 Å². The van der Waals surface area contributed by atoms with Crippen LogP contribution < -0.4 is 16.8 Å². The molecule has 0 fully saturated rings. The molecule has 0 saturated heterocycles. The van der Waals surface area contributed by atoms with Crippen molar-refractivity contribution >= 4 is 23.5 Å². The minimum Gasteiger partial charge on any atom is -0.449 e. The number of hydrogen-bond acceptors (Lipinski definition) is 5. The first-order chi connectivity index (χ1) is 14.1. The number of alkyl carbamates (subject to hydrolysis) is 1. The highest BCUT2D eigenvalue weighted by Crippen LogP contribution is 2.44. The molecule has 0 atom stereocenters. The van der Waals surface area contributed by atoms with Crippen LogP contribution >= 0.6 is 0 Å². The largest absolute Gasteiger partial charge is 0.449 e. The average molecular weight is 386 g/mol. The van der Waals surface area contributed by atoms with Crippen molar-refractivity contribution in [2.24, 2.45) is 0 Å². The smallest absolute Gasteiger partial charge is 0.407 e. The molecule has 4 rings (SSSR count). The summed E-state index contributed by atoms with van der Waals surface area (Å²) in [5, 5.41) is 2.72. The zero-order chi connectivity index (χ0) is 20.2. The Morgan fingerprint density at radius 3 is 2.38 bits per heavy atom. The van der Waals surface area contributed by atoms with Gasteiger partial charge in [0.05, 0.1) is 17.6 Å². The lowest BCUT2D eigenvalue weighted by molar-refractivity contribution is 0.144. The second-order valence-corrected chi connectivity index (χ2v) is 6.84. The van der Waals surface area contributed by atoms with E-state index in [1.54, 1.807) is 18.3 Å². The average Bonchev–Trinajstić information content (AvgIpc) is 3.06. The van der Waals surface area contributed by atoms with Crippen LogP contribution in [0.4, 0.5) is 16.2 Å². The Hall–Kier alpha value is -3.80. The Morgan fingerprint density at radius 2 is 1.69 bits per heavy atom. The molecular weight excluding hydrogens is 364 g/mol. The molecule has 5 N–H and O–H groups in total. The minimum absolute atomic E-state index is 0.0434. The van der Waals surface area contributed by atoms with Gasteiger partial charge in [0.25, 0.3) is 0 Å². The Labute approximate surface area is 169 Å². The zero-order valence-corrected chi connectivity index (χ0v) is 15.8. The van der Waals surface area contributed by atoms with Crippen LogP contribution in [-0.4, -0.2) is 24.2 Å². The summed E-state index contributed by atoms with van der Waals surface area (Å²) in [6.07, 6.45) is 6.20. The topological polar surface area (TPSA) is 103 Å². The summed E-state index contributed by atoms with van der Waals surface area (Å²) in [5.41, 5.74) is 18.0. The van der Waals surface area contributed by atoms with Crippen molar-refractivity contribution in [3.8, 4) is 11.1 Å². The fourth-order valence-electron chi connectivity index (χ4n) is 3.61. The van der Waals surface area contributed by atoms with Crippen molar-refractivity contribution in [2.75, 3.05) is 24.6 Å². The molecule has 0 radical (unpaired) electrons. The van der Waals surface area contributed by atoms with Gasteiger partial charge in [0.15, 0.2) is 0 Å². The number of nitrogen functional groups attached to an aromatic ring is 2. The Bertz CT molecular complexity index is 1030. The van der Waals surface area contributed by atoms with Gasteiger partial charge in [-0.15, -0.1) is 0 Å². The molecule has 0 spiro atoms. The lowest BCUT2D eigenvalue weighted by Crippen LogP contribution is -2.26. The molecule has 6 heteroatoms. The van der Waals surface area contributed by atoms with Crippen LogP contribution in [0.3, 0.4) is 0 Å². The molecule has 29 heavy (non-hydrogen) atoms. The van der Waals surface area contributed by atoms with Gasteiger partial charge >= 0.3 is 6.09 Å². The number of nitrogens with zero attached hydrogens (tertiary/aromatic N) is 1. The molecule has 0 aliphatic heterocycles. The number of carbonyl (C=O) groups is 1. The van der Waals surface area contributed by atoms with E-state index in [1.165, 1.54) is 28.5 Å². The van der Waals surface area contributed by atoms with Crippen LogP contribution in [0.5, 0.6) is 0 Å². The van der Waals surface area contributed by atoms with Gasteiger partial charge in [-0.1, -0.05) is 60.7 Å². The molecule has 1 aliphatic carbocycles. The molecule has 1 amide bonds. The monoisotopic (exact) mass is 386 g/mol. The number of anilines is 2. The van der Waals surface area contributed by atoms with Crippen molar-refractivity contribution < 1.29 is 9.53 Å². The molecule has 0 bridgehead atoms. The van der Waals surface area contributed by atoms with Crippen LogP contribution in [0.25, 0.3) is 17.2 Å². The van der Waals surface area contributed by atoms with E-state index < -0.39 is 6.09 Å². The standard InChI is InChI=1S/C23H22N4O2/c24-21-13-26-12-15(22(21)25)6-5-11-27-23(28)29-14-20-18-9-3-1-7-16(18)17-8-2-4-10-19(17)20/h1-10,12-13,20H,11,14,24H2,(H2,25,26)(H,27,28). The van der Waals surface area contributed by atoms with Crippen LogP contribution in [0.2, 0.25) is 0 Å². The number of nitrogens with one attached hydrogen (secondary N) is 1. The van der Waals surface area contributed by atoms with E-state index in [1.807, 2.05) is 24.3 Å². The number of aromatic nitrogens is 1. The van der Waals surface area contributed by atoms with E-state index in [-0.39, 0.29) is 12.5 Å². The van der Waals surface area contributed by atoms with Gasteiger partial charge in [0.2, 0.25) is 0 Å². The van der Waals surface area contributed by atoms with E-state index in [4.69, 9.17) is 16.2 Å². The SMILES string of the molecule is Nc1cncc(C=CCNC(=O)OCC2c3ccccc3-c3ccccc32)c1N. The van der Waals surface area contributed by atoms with Crippen molar-refractivity contribution in [2.45, 2.75) is 5.92 Å². The second kappa shape index (κ2) is 8.06. The van der Waals surface area contributed by atoms with Crippen molar-refractivity contribution in [1.82, 2.24) is 10.3 Å². The van der Waals surface area contributed by atoms with Gasteiger partial charge in [-0.25, -0.2) is 4.79 Å². The molecule has 2 aromatic carbocycles. The third-order valence-corrected chi connectivity index (χ3v) is 5.05. The molecule has 1 aromatic heterocycles. The fraction of sp³-hybridized carbons (Fsp3) is 0.130. The van der Waals surface area contributed by atoms with Crippen molar-refractivity contribution in [1.29, 1.82) is 0 Å². The number of benzene rings is 2. The third kappa shape index (κ3) is 3.78. The van der Waals surface area contributed by atoms with Gasteiger partial charge in [0.1, 0.15) is 6.61 Å². The van der Waals surface area contributed by atoms with Gasteiger partial charge in [-0.05, 0) is 22.3 Å². The molecule has 3 aromatic rings. The minimum atomic E-state index is -0.463. The number of nitrogens with two attached hydrogens (primary N) is 2. The lowest BCUT2D eigenvalue weighted by atomic mass is 9.98. The summed E-state index contributed by atoms with van der Waals surface area (Å²) < 4.78 is 5.49. The second-order valence-electron chi connectivity index (χ2n) is 6.84. The number of ether oxygens (including phenoxy) is 1. The summed E-state index contributed by atoms with van der Waals surface area (Å²) in [7, 11) is 0. The van der Waals surface area contributed by atoms with E-state index in [2.05, 4.69) is 34.6 Å². The third-order valence-electron chi connectivity index (χ3n) is 5.05. The quantitative estimate of drug-likeness (QED) is 0.619. The maximum absolute atomic E-state index is 12.1. The van der Waals surface area contributed by atoms with Gasteiger partial charge in [0, 0.05) is 24.2 Å². The number of hydrogen-bond donors (Lipinski definition) is 3. The van der Waals surface area contributed by atoms with Crippen LogP contribution in [-0.2, 0) is 4.74 Å². The van der Waals surface area contributed by atoms with Crippen LogP contribution in [0, 0.1) is 0 Å².